The second-order valence-electron chi connectivity index (χ2n) is 14.1. The molecule has 10 heteroatoms. The smallest absolute Gasteiger partial charge is 0.187 e. The third-order valence-electron chi connectivity index (χ3n) is 9.21. The Balaban J connectivity index is 1.17. The summed E-state index contributed by atoms with van der Waals surface area (Å²) in [6.45, 7) is 16.0. The van der Waals surface area contributed by atoms with Gasteiger partial charge in [0.25, 0.3) is 0 Å². The Morgan fingerprint density at radius 3 is 2.43 bits per heavy atom. The first kappa shape index (κ1) is 30.0. The van der Waals surface area contributed by atoms with E-state index in [0.717, 1.165) is 77.5 Å². The predicted octanol–water partition coefficient (Wildman–Crippen LogP) is 6.56. The van der Waals surface area contributed by atoms with Crippen LogP contribution in [0.15, 0.2) is 49.6 Å². The van der Waals surface area contributed by atoms with Crippen molar-refractivity contribution >= 4 is 5.82 Å². The Labute approximate surface area is 260 Å². The topological polar surface area (TPSA) is 111 Å². The SMILES string of the molecule is C=C(OCC1(C)CC1)N(c1cnc(-c2cnn(C)c2)cn1)C1CCC(Cc2ncc(C(C)(C)C)c(-c3[nH]ncc3C)n2)CC1. The van der Waals surface area contributed by atoms with Crippen molar-refractivity contribution in [1.82, 2.24) is 39.9 Å². The molecule has 0 atom stereocenters. The fraction of sp³-hybridized carbons (Fsp3) is 0.529. The molecule has 0 saturated heterocycles. The normalized spacial score (nSPS) is 19.5. The number of aromatic nitrogens is 8. The van der Waals surface area contributed by atoms with E-state index < -0.39 is 0 Å². The Kier molecular flexibility index (Phi) is 8.02. The Morgan fingerprint density at radius 2 is 1.84 bits per heavy atom. The van der Waals surface area contributed by atoms with Gasteiger partial charge in [-0.1, -0.05) is 27.7 Å². The van der Waals surface area contributed by atoms with Crippen LogP contribution in [-0.4, -0.2) is 52.6 Å². The first-order chi connectivity index (χ1) is 21.0. The van der Waals surface area contributed by atoms with Crippen LogP contribution < -0.4 is 4.90 Å². The van der Waals surface area contributed by atoms with Crippen molar-refractivity contribution in [2.45, 2.75) is 91.0 Å². The molecule has 0 aliphatic heterocycles. The first-order valence-corrected chi connectivity index (χ1v) is 15.8. The summed E-state index contributed by atoms with van der Waals surface area (Å²) in [5.74, 6) is 2.82. The minimum atomic E-state index is -0.0760. The molecular weight excluding hydrogens is 550 g/mol. The first-order valence-electron chi connectivity index (χ1n) is 15.8. The molecule has 4 aromatic rings. The molecule has 4 aromatic heterocycles. The molecule has 0 amide bonds. The summed E-state index contributed by atoms with van der Waals surface area (Å²) in [6.07, 6.45) is 18.7. The van der Waals surface area contributed by atoms with Gasteiger partial charge in [0.1, 0.15) is 5.82 Å². The maximum absolute atomic E-state index is 6.30. The molecule has 0 spiro atoms. The van der Waals surface area contributed by atoms with Crippen LogP contribution in [0.2, 0.25) is 0 Å². The number of aromatic amines is 1. The molecule has 6 rings (SSSR count). The summed E-state index contributed by atoms with van der Waals surface area (Å²) in [7, 11) is 1.90. The molecule has 10 nitrogen and oxygen atoms in total. The highest BCUT2D eigenvalue weighted by atomic mass is 16.5. The summed E-state index contributed by atoms with van der Waals surface area (Å²) in [5, 5.41) is 11.7. The number of anilines is 1. The number of aryl methyl sites for hydroxylation is 2. The van der Waals surface area contributed by atoms with Crippen molar-refractivity contribution in [3.8, 4) is 22.6 Å². The van der Waals surface area contributed by atoms with E-state index in [9.17, 15) is 0 Å². The molecule has 2 aliphatic rings. The van der Waals surface area contributed by atoms with E-state index in [-0.39, 0.29) is 16.9 Å². The van der Waals surface area contributed by atoms with Gasteiger partial charge in [0, 0.05) is 48.4 Å². The lowest BCUT2D eigenvalue weighted by Crippen LogP contribution is -2.39. The molecule has 0 unspecified atom stereocenters. The van der Waals surface area contributed by atoms with Crippen molar-refractivity contribution in [1.29, 1.82) is 0 Å². The number of hydrogen-bond acceptors (Lipinski definition) is 8. The van der Waals surface area contributed by atoms with Gasteiger partial charge >= 0.3 is 0 Å². The van der Waals surface area contributed by atoms with Crippen LogP contribution in [-0.2, 0) is 23.6 Å². The minimum absolute atomic E-state index is 0.0760. The zero-order valence-electron chi connectivity index (χ0n) is 27.0. The lowest BCUT2D eigenvalue weighted by atomic mass is 9.83. The van der Waals surface area contributed by atoms with Crippen LogP contribution in [0, 0.1) is 18.3 Å². The van der Waals surface area contributed by atoms with Gasteiger partial charge in [-0.05, 0) is 68.9 Å². The fourth-order valence-electron chi connectivity index (χ4n) is 6.06. The number of H-pyrrole nitrogens is 1. The number of hydrogen-bond donors (Lipinski definition) is 1. The lowest BCUT2D eigenvalue weighted by Gasteiger charge is -2.38. The van der Waals surface area contributed by atoms with Crippen LogP contribution in [0.3, 0.4) is 0 Å². The van der Waals surface area contributed by atoms with Gasteiger partial charge in [0.2, 0.25) is 0 Å². The second kappa shape index (κ2) is 11.8. The fourth-order valence-corrected chi connectivity index (χ4v) is 6.06. The lowest BCUT2D eigenvalue weighted by molar-refractivity contribution is 0.148. The highest BCUT2D eigenvalue weighted by molar-refractivity contribution is 5.63. The number of nitrogens with one attached hydrogen (secondary N) is 1. The van der Waals surface area contributed by atoms with Crippen LogP contribution in [0.5, 0.6) is 0 Å². The zero-order valence-corrected chi connectivity index (χ0v) is 27.0. The molecular formula is C34H45N9O. The van der Waals surface area contributed by atoms with Gasteiger partial charge < -0.3 is 4.74 Å². The van der Waals surface area contributed by atoms with Crippen LogP contribution >= 0.6 is 0 Å². The summed E-state index contributed by atoms with van der Waals surface area (Å²) >= 11 is 0. The van der Waals surface area contributed by atoms with Crippen molar-refractivity contribution in [2.24, 2.45) is 18.4 Å². The van der Waals surface area contributed by atoms with Gasteiger partial charge in [0.15, 0.2) is 11.7 Å². The molecule has 0 bridgehead atoms. The molecule has 2 saturated carbocycles. The molecule has 4 heterocycles. The predicted molar refractivity (Wildman–Crippen MR) is 172 cm³/mol. The standard InChI is InChI=1S/C34H45N9O/c1-22-15-38-41-31(22)32-27(33(3,4)5)17-36-29(40-32)14-24-8-10-26(11-9-24)43(23(2)44-21-34(6)12-13-34)30-19-35-28(18-37-30)25-16-39-42(7)20-25/h15-20,24,26H,2,8-14,21H2,1,3-7H3,(H,38,41). The van der Waals surface area contributed by atoms with Gasteiger partial charge in [-0.25, -0.2) is 15.0 Å². The van der Waals surface area contributed by atoms with E-state index in [1.54, 1.807) is 10.9 Å². The summed E-state index contributed by atoms with van der Waals surface area (Å²) in [4.78, 5) is 21.7. The summed E-state index contributed by atoms with van der Waals surface area (Å²) < 4.78 is 8.07. The average molecular weight is 596 g/mol. The van der Waals surface area contributed by atoms with Crippen molar-refractivity contribution < 1.29 is 4.74 Å². The van der Waals surface area contributed by atoms with Crippen molar-refractivity contribution in [2.75, 3.05) is 11.5 Å². The van der Waals surface area contributed by atoms with Crippen molar-refractivity contribution in [3.63, 3.8) is 0 Å². The average Bonchev–Trinajstić information content (AvgIpc) is 3.33. The van der Waals surface area contributed by atoms with E-state index in [1.165, 1.54) is 12.8 Å². The van der Waals surface area contributed by atoms with E-state index in [4.69, 9.17) is 24.7 Å². The molecule has 0 radical (unpaired) electrons. The van der Waals surface area contributed by atoms with E-state index in [2.05, 4.69) is 61.4 Å². The van der Waals surface area contributed by atoms with E-state index in [1.807, 2.05) is 38.0 Å². The van der Waals surface area contributed by atoms with Crippen LogP contribution in [0.4, 0.5) is 5.82 Å². The quantitative estimate of drug-likeness (QED) is 0.205. The number of rotatable bonds is 10. The number of ether oxygens (including phenoxy) is 1. The van der Waals surface area contributed by atoms with Gasteiger partial charge in [-0.2, -0.15) is 10.2 Å². The largest absolute Gasteiger partial charge is 0.479 e. The molecule has 2 aliphatic carbocycles. The van der Waals surface area contributed by atoms with Gasteiger partial charge in [-0.3, -0.25) is 19.7 Å². The molecule has 0 aromatic carbocycles. The molecule has 2 fully saturated rings. The van der Waals surface area contributed by atoms with Gasteiger partial charge in [-0.15, -0.1) is 0 Å². The summed E-state index contributed by atoms with van der Waals surface area (Å²) in [6, 6.07) is 0.233. The zero-order chi connectivity index (χ0) is 31.1. The Bertz CT molecular complexity index is 1600. The highest BCUT2D eigenvalue weighted by Crippen LogP contribution is 2.45. The van der Waals surface area contributed by atoms with Crippen LogP contribution in [0.1, 0.15) is 83.2 Å². The van der Waals surface area contributed by atoms with E-state index >= 15 is 0 Å². The highest BCUT2D eigenvalue weighted by Gasteiger charge is 2.39. The monoisotopic (exact) mass is 595 g/mol. The Hall–Kier alpha value is -4.08. The Morgan fingerprint density at radius 1 is 1.07 bits per heavy atom. The second-order valence-corrected chi connectivity index (χ2v) is 14.1. The van der Waals surface area contributed by atoms with Gasteiger partial charge in [0.05, 0.1) is 48.5 Å². The maximum atomic E-state index is 6.30. The van der Waals surface area contributed by atoms with E-state index in [0.29, 0.717) is 18.4 Å². The van der Waals surface area contributed by atoms with Crippen LogP contribution in [0.25, 0.3) is 22.6 Å². The molecule has 232 valence electrons. The molecule has 44 heavy (non-hydrogen) atoms. The summed E-state index contributed by atoms with van der Waals surface area (Å²) in [5.41, 5.74) is 6.09. The third-order valence-corrected chi connectivity index (χ3v) is 9.21. The third kappa shape index (κ3) is 6.54. The van der Waals surface area contributed by atoms with Crippen molar-refractivity contribution in [3.05, 3.63) is 66.6 Å². The number of nitrogens with zero attached hydrogens (tertiary/aromatic N) is 8. The molecule has 1 N–H and O–H groups in total. The maximum Gasteiger partial charge on any atom is 0.187 e. The minimum Gasteiger partial charge on any atom is -0.479 e.